The van der Waals surface area contributed by atoms with Gasteiger partial charge in [0.15, 0.2) is 0 Å². The van der Waals surface area contributed by atoms with Gasteiger partial charge in [-0.15, -0.1) is 0 Å². The van der Waals surface area contributed by atoms with E-state index in [4.69, 9.17) is 22.0 Å². The van der Waals surface area contributed by atoms with Crippen molar-refractivity contribution >= 4 is 11.6 Å². The lowest BCUT2D eigenvalue weighted by atomic mass is 9.93. The molecule has 0 aromatic heterocycles. The van der Waals surface area contributed by atoms with Gasteiger partial charge >= 0.3 is 6.18 Å². The van der Waals surface area contributed by atoms with Crippen molar-refractivity contribution < 1.29 is 18.3 Å². The molecule has 0 saturated heterocycles. The minimum absolute atomic E-state index is 0.211. The van der Waals surface area contributed by atoms with Gasteiger partial charge in [-0.25, -0.2) is 0 Å². The fourth-order valence-corrected chi connectivity index (χ4v) is 2.35. The Morgan fingerprint density at radius 2 is 2.17 bits per heavy atom. The second-order valence-corrected chi connectivity index (χ2v) is 4.77. The Kier molecular flexibility index (Phi) is 3.04. The summed E-state index contributed by atoms with van der Waals surface area (Å²) in [6.45, 7) is -0.211. The molecule has 1 aliphatic carbocycles. The first kappa shape index (κ1) is 13.2. The van der Waals surface area contributed by atoms with Gasteiger partial charge in [0, 0.05) is 12.5 Å². The second-order valence-electron chi connectivity index (χ2n) is 4.36. The maximum atomic E-state index is 12.7. The number of nitriles is 1. The minimum Gasteiger partial charge on any atom is -0.396 e. The van der Waals surface area contributed by atoms with Gasteiger partial charge in [-0.05, 0) is 24.1 Å². The molecule has 0 radical (unpaired) electrons. The first-order valence-electron chi connectivity index (χ1n) is 5.24. The van der Waals surface area contributed by atoms with E-state index in [1.807, 2.05) is 6.07 Å². The minimum atomic E-state index is -4.55. The Morgan fingerprint density at radius 1 is 1.50 bits per heavy atom. The summed E-state index contributed by atoms with van der Waals surface area (Å²) in [5, 5.41) is 17.7. The molecule has 1 N–H and O–H groups in total. The van der Waals surface area contributed by atoms with E-state index in [2.05, 4.69) is 0 Å². The zero-order valence-electron chi connectivity index (χ0n) is 9.13. The maximum absolute atomic E-state index is 12.7. The molecule has 1 aliphatic rings. The van der Waals surface area contributed by atoms with Crippen molar-refractivity contribution in [2.75, 3.05) is 6.61 Å². The van der Waals surface area contributed by atoms with E-state index in [1.165, 1.54) is 6.07 Å². The van der Waals surface area contributed by atoms with Crippen LogP contribution in [0, 0.1) is 17.2 Å². The molecule has 0 aliphatic heterocycles. The summed E-state index contributed by atoms with van der Waals surface area (Å²) >= 11 is 5.51. The molecule has 1 aromatic rings. The summed E-state index contributed by atoms with van der Waals surface area (Å²) in [5.41, 5.74) is -1.68. The summed E-state index contributed by atoms with van der Waals surface area (Å²) in [6, 6.07) is 5.46. The van der Waals surface area contributed by atoms with Gasteiger partial charge in [0.05, 0.1) is 22.1 Å². The van der Waals surface area contributed by atoms with Gasteiger partial charge in [-0.2, -0.15) is 18.4 Å². The Bertz CT molecular complexity index is 523. The van der Waals surface area contributed by atoms with E-state index in [-0.39, 0.29) is 23.1 Å². The smallest absolute Gasteiger partial charge is 0.396 e. The van der Waals surface area contributed by atoms with E-state index in [0.29, 0.717) is 6.42 Å². The summed E-state index contributed by atoms with van der Waals surface area (Å²) < 4.78 is 38.1. The maximum Gasteiger partial charge on any atom is 0.417 e. The van der Waals surface area contributed by atoms with Crippen molar-refractivity contribution in [1.29, 1.82) is 5.26 Å². The number of nitrogens with zero attached hydrogens (tertiary/aromatic N) is 1. The third-order valence-electron chi connectivity index (χ3n) is 3.31. The average Bonchev–Trinajstić information content (AvgIpc) is 3.03. The molecule has 1 fully saturated rings. The standard InChI is InChI=1S/C12H9ClF3NO/c13-10-2-1-7(3-9(10)12(14,15)16)11(6-17)4-8(11)5-18/h1-3,8,18H,4-5H2/t8-,11?/m0/s1. The molecule has 2 nitrogen and oxygen atoms in total. The van der Waals surface area contributed by atoms with Crippen LogP contribution < -0.4 is 0 Å². The van der Waals surface area contributed by atoms with E-state index in [0.717, 1.165) is 12.1 Å². The molecule has 0 spiro atoms. The van der Waals surface area contributed by atoms with Crippen molar-refractivity contribution in [2.24, 2.45) is 5.92 Å². The first-order chi connectivity index (χ1) is 8.35. The number of aliphatic hydroxyl groups is 1. The summed E-state index contributed by atoms with van der Waals surface area (Å²) in [7, 11) is 0. The number of halogens is 4. The number of hydrogen-bond acceptors (Lipinski definition) is 2. The number of aliphatic hydroxyl groups excluding tert-OH is 1. The Balaban J connectivity index is 2.47. The predicted molar refractivity (Wildman–Crippen MR) is 58.9 cm³/mol. The SMILES string of the molecule is N#CC1(c2ccc(Cl)c(C(F)(F)F)c2)C[C@H]1CO. The van der Waals surface area contributed by atoms with Gasteiger partial charge in [-0.3, -0.25) is 0 Å². The quantitative estimate of drug-likeness (QED) is 0.901. The molecule has 6 heteroatoms. The number of benzene rings is 1. The van der Waals surface area contributed by atoms with Gasteiger partial charge in [0.2, 0.25) is 0 Å². The normalized spacial score (nSPS) is 26.8. The van der Waals surface area contributed by atoms with Crippen molar-refractivity contribution in [3.8, 4) is 6.07 Å². The van der Waals surface area contributed by atoms with Crippen LogP contribution in [-0.2, 0) is 11.6 Å². The number of hydrogen-bond donors (Lipinski definition) is 1. The third-order valence-corrected chi connectivity index (χ3v) is 3.64. The fourth-order valence-electron chi connectivity index (χ4n) is 2.13. The van der Waals surface area contributed by atoms with Gasteiger partial charge < -0.3 is 5.11 Å². The Labute approximate surface area is 107 Å². The highest BCUT2D eigenvalue weighted by molar-refractivity contribution is 6.31. The highest BCUT2D eigenvalue weighted by Crippen LogP contribution is 2.54. The van der Waals surface area contributed by atoms with Crippen LogP contribution in [-0.4, -0.2) is 11.7 Å². The molecule has 18 heavy (non-hydrogen) atoms. The third kappa shape index (κ3) is 1.96. The lowest BCUT2D eigenvalue weighted by molar-refractivity contribution is -0.137. The molecule has 0 bridgehead atoms. The van der Waals surface area contributed by atoms with E-state index >= 15 is 0 Å². The first-order valence-corrected chi connectivity index (χ1v) is 5.62. The molecule has 2 rings (SSSR count). The van der Waals surface area contributed by atoms with E-state index in [1.54, 1.807) is 0 Å². The summed E-state index contributed by atoms with van der Waals surface area (Å²) in [5.74, 6) is -0.301. The highest BCUT2D eigenvalue weighted by Gasteiger charge is 2.56. The Morgan fingerprint density at radius 3 is 2.61 bits per heavy atom. The molecule has 0 amide bonds. The Hall–Kier alpha value is -1.25. The lowest BCUT2D eigenvalue weighted by Gasteiger charge is -2.14. The van der Waals surface area contributed by atoms with Crippen molar-refractivity contribution in [3.63, 3.8) is 0 Å². The van der Waals surface area contributed by atoms with Crippen molar-refractivity contribution in [3.05, 3.63) is 34.3 Å². The van der Waals surface area contributed by atoms with E-state index < -0.39 is 17.2 Å². The van der Waals surface area contributed by atoms with Crippen LogP contribution in [0.15, 0.2) is 18.2 Å². The van der Waals surface area contributed by atoms with Crippen LogP contribution >= 0.6 is 11.6 Å². The van der Waals surface area contributed by atoms with Crippen LogP contribution in [0.4, 0.5) is 13.2 Å². The highest BCUT2D eigenvalue weighted by atomic mass is 35.5. The summed E-state index contributed by atoms with van der Waals surface area (Å²) in [4.78, 5) is 0. The zero-order valence-corrected chi connectivity index (χ0v) is 9.89. The predicted octanol–water partition coefficient (Wildman–Crippen LogP) is 3.13. The van der Waals surface area contributed by atoms with Crippen molar-refractivity contribution in [1.82, 2.24) is 0 Å². The molecule has 1 unspecified atom stereocenters. The van der Waals surface area contributed by atoms with Gasteiger partial charge in [0.25, 0.3) is 0 Å². The number of alkyl halides is 3. The second kappa shape index (κ2) is 4.15. The fraction of sp³-hybridized carbons (Fsp3) is 0.417. The van der Waals surface area contributed by atoms with Gasteiger partial charge in [-0.1, -0.05) is 17.7 Å². The van der Waals surface area contributed by atoms with Crippen LogP contribution in [0.5, 0.6) is 0 Å². The number of rotatable bonds is 2. The van der Waals surface area contributed by atoms with Crippen LogP contribution in [0.1, 0.15) is 17.5 Å². The summed E-state index contributed by atoms with van der Waals surface area (Å²) in [6.07, 6.45) is -4.17. The molecular weight excluding hydrogens is 267 g/mol. The molecule has 1 aromatic carbocycles. The van der Waals surface area contributed by atoms with Crippen LogP contribution in [0.3, 0.4) is 0 Å². The van der Waals surface area contributed by atoms with Gasteiger partial charge in [0.1, 0.15) is 0 Å². The molecular formula is C12H9ClF3NO. The van der Waals surface area contributed by atoms with E-state index in [9.17, 15) is 13.2 Å². The largest absolute Gasteiger partial charge is 0.417 e. The average molecular weight is 276 g/mol. The topological polar surface area (TPSA) is 44.0 Å². The van der Waals surface area contributed by atoms with Crippen LogP contribution in [0.25, 0.3) is 0 Å². The van der Waals surface area contributed by atoms with Crippen LogP contribution in [0.2, 0.25) is 5.02 Å². The monoisotopic (exact) mass is 275 g/mol. The molecule has 2 atom stereocenters. The molecule has 96 valence electrons. The lowest BCUT2D eigenvalue weighted by Crippen LogP contribution is -2.13. The zero-order chi connectivity index (χ0) is 13.6. The molecule has 0 heterocycles. The molecule has 1 saturated carbocycles. The van der Waals surface area contributed by atoms with Crippen molar-refractivity contribution in [2.45, 2.75) is 18.0 Å².